The lowest BCUT2D eigenvalue weighted by Gasteiger charge is -2.12. The molecule has 2 aromatic heterocycles. The van der Waals surface area contributed by atoms with Crippen molar-refractivity contribution < 1.29 is 0 Å². The predicted molar refractivity (Wildman–Crippen MR) is 74.9 cm³/mol. The zero-order chi connectivity index (χ0) is 13.1. The zero-order valence-corrected chi connectivity index (χ0v) is 11.0. The Balaban J connectivity index is 1.54. The number of hydrogen-bond acceptors (Lipinski definition) is 4. The van der Waals surface area contributed by atoms with Crippen LogP contribution >= 0.6 is 0 Å². The van der Waals surface area contributed by atoms with Crippen molar-refractivity contribution in [2.75, 3.05) is 17.6 Å². The molecule has 2 aromatic rings. The fourth-order valence-corrected chi connectivity index (χ4v) is 2.53. The largest absolute Gasteiger partial charge is 0.394 e. The van der Waals surface area contributed by atoms with Gasteiger partial charge in [-0.05, 0) is 25.7 Å². The van der Waals surface area contributed by atoms with E-state index in [1.807, 2.05) is 12.5 Å². The van der Waals surface area contributed by atoms with E-state index in [9.17, 15) is 0 Å². The van der Waals surface area contributed by atoms with E-state index in [1.165, 1.54) is 18.5 Å². The van der Waals surface area contributed by atoms with Gasteiger partial charge in [-0.25, -0.2) is 4.98 Å². The molecular formula is C13H20N6. The quantitative estimate of drug-likeness (QED) is 0.799. The number of nitrogen functional groups attached to an aromatic ring is 1. The molecule has 0 fully saturated rings. The molecule has 3 heterocycles. The molecule has 6 heteroatoms. The van der Waals surface area contributed by atoms with Crippen LogP contribution < -0.4 is 11.1 Å². The van der Waals surface area contributed by atoms with Crippen LogP contribution in [0.15, 0.2) is 18.7 Å². The van der Waals surface area contributed by atoms with Crippen molar-refractivity contribution in [3.05, 3.63) is 24.4 Å². The summed E-state index contributed by atoms with van der Waals surface area (Å²) in [6.07, 6.45) is 10.1. The molecule has 0 radical (unpaired) electrons. The molecule has 0 amide bonds. The first-order valence-electron chi connectivity index (χ1n) is 6.89. The average molecular weight is 260 g/mol. The second kappa shape index (κ2) is 5.34. The molecule has 0 bridgehead atoms. The van der Waals surface area contributed by atoms with Crippen molar-refractivity contribution in [2.45, 2.75) is 38.8 Å². The molecule has 0 atom stereocenters. The highest BCUT2D eigenvalue weighted by molar-refractivity contribution is 5.64. The maximum absolute atomic E-state index is 6.14. The van der Waals surface area contributed by atoms with Gasteiger partial charge in [0, 0.05) is 32.0 Å². The van der Waals surface area contributed by atoms with Gasteiger partial charge in [-0.3, -0.25) is 4.68 Å². The highest BCUT2D eigenvalue weighted by Crippen LogP contribution is 2.26. The van der Waals surface area contributed by atoms with E-state index in [2.05, 4.69) is 24.6 Å². The van der Waals surface area contributed by atoms with Crippen LogP contribution in [0.25, 0.3) is 0 Å². The molecule has 3 N–H and O–H groups in total. The highest BCUT2D eigenvalue weighted by atomic mass is 15.3. The summed E-state index contributed by atoms with van der Waals surface area (Å²) >= 11 is 0. The fraction of sp³-hybridized carbons (Fsp3) is 0.538. The van der Waals surface area contributed by atoms with Gasteiger partial charge in [-0.2, -0.15) is 5.10 Å². The minimum atomic E-state index is 0.835. The van der Waals surface area contributed by atoms with Gasteiger partial charge in [0.05, 0.1) is 17.7 Å². The van der Waals surface area contributed by atoms with Crippen LogP contribution in [0.4, 0.5) is 11.5 Å². The van der Waals surface area contributed by atoms with E-state index in [-0.39, 0.29) is 0 Å². The number of nitrogens with zero attached hydrogens (tertiary/aromatic N) is 4. The number of anilines is 2. The summed E-state index contributed by atoms with van der Waals surface area (Å²) in [5, 5.41) is 7.89. The summed E-state index contributed by atoms with van der Waals surface area (Å²) in [4.78, 5) is 4.02. The summed E-state index contributed by atoms with van der Waals surface area (Å²) in [5.41, 5.74) is 8.17. The molecule has 6 nitrogen and oxygen atoms in total. The standard InChI is InChI=1S/C13H20N6/c14-12-11-4-1-2-8-19(11)17-13(12)16-5-3-7-18-9-6-15-10-18/h6,9-10H,1-5,7-8,14H2,(H,16,17). The molecule has 3 rings (SSSR count). The second-order valence-electron chi connectivity index (χ2n) is 4.97. The van der Waals surface area contributed by atoms with E-state index in [0.717, 1.165) is 44.0 Å². The summed E-state index contributed by atoms with van der Waals surface area (Å²) in [7, 11) is 0. The molecule has 1 aliphatic heterocycles. The number of aromatic nitrogens is 4. The average Bonchev–Trinajstić information content (AvgIpc) is 3.04. The van der Waals surface area contributed by atoms with E-state index >= 15 is 0 Å². The molecule has 0 aliphatic carbocycles. The molecule has 102 valence electrons. The van der Waals surface area contributed by atoms with Gasteiger partial charge in [-0.15, -0.1) is 0 Å². The lowest BCUT2D eigenvalue weighted by atomic mass is 10.1. The predicted octanol–water partition coefficient (Wildman–Crippen LogP) is 1.50. The van der Waals surface area contributed by atoms with Gasteiger partial charge in [0.25, 0.3) is 0 Å². The monoisotopic (exact) mass is 260 g/mol. The SMILES string of the molecule is Nc1c(NCCCn2ccnc2)nn2c1CCCC2. The topological polar surface area (TPSA) is 73.7 Å². The Labute approximate surface area is 112 Å². The molecule has 0 saturated heterocycles. The zero-order valence-electron chi connectivity index (χ0n) is 11.0. The highest BCUT2D eigenvalue weighted by Gasteiger charge is 2.17. The van der Waals surface area contributed by atoms with E-state index in [0.29, 0.717) is 0 Å². The van der Waals surface area contributed by atoms with Crippen LogP contribution in [0, 0.1) is 0 Å². The van der Waals surface area contributed by atoms with Crippen LogP contribution in [0.5, 0.6) is 0 Å². The maximum Gasteiger partial charge on any atom is 0.171 e. The van der Waals surface area contributed by atoms with E-state index < -0.39 is 0 Å². The molecule has 19 heavy (non-hydrogen) atoms. The molecule has 0 unspecified atom stereocenters. The number of aryl methyl sites for hydroxylation is 2. The first-order valence-corrected chi connectivity index (χ1v) is 6.89. The maximum atomic E-state index is 6.14. The third-order valence-corrected chi connectivity index (χ3v) is 3.58. The summed E-state index contributed by atoms with van der Waals surface area (Å²) < 4.78 is 4.13. The molecule has 0 spiro atoms. The smallest absolute Gasteiger partial charge is 0.171 e. The van der Waals surface area contributed by atoms with Gasteiger partial charge in [0.2, 0.25) is 0 Å². The van der Waals surface area contributed by atoms with Crippen LogP contribution in [0.1, 0.15) is 25.0 Å². The van der Waals surface area contributed by atoms with Gasteiger partial charge >= 0.3 is 0 Å². The summed E-state index contributed by atoms with van der Waals surface area (Å²) in [6.45, 7) is 2.83. The second-order valence-corrected chi connectivity index (χ2v) is 4.97. The molecule has 1 aliphatic rings. The Morgan fingerprint density at radius 1 is 1.37 bits per heavy atom. The van der Waals surface area contributed by atoms with Gasteiger partial charge in [0.1, 0.15) is 0 Å². The van der Waals surface area contributed by atoms with E-state index in [4.69, 9.17) is 5.73 Å². The van der Waals surface area contributed by atoms with Crippen molar-refractivity contribution in [3.63, 3.8) is 0 Å². The van der Waals surface area contributed by atoms with Crippen LogP contribution in [0.3, 0.4) is 0 Å². The Kier molecular flexibility index (Phi) is 3.39. The Bertz CT molecular complexity index is 528. The molecule has 0 aromatic carbocycles. The third kappa shape index (κ3) is 2.57. The van der Waals surface area contributed by atoms with Crippen molar-refractivity contribution in [1.29, 1.82) is 0 Å². The van der Waals surface area contributed by atoms with Crippen LogP contribution in [-0.4, -0.2) is 25.9 Å². The van der Waals surface area contributed by atoms with Crippen LogP contribution in [0.2, 0.25) is 0 Å². The first-order chi connectivity index (χ1) is 9.34. The number of rotatable bonds is 5. The summed E-state index contributed by atoms with van der Waals surface area (Å²) in [6, 6.07) is 0. The van der Waals surface area contributed by atoms with Crippen molar-refractivity contribution in [2.24, 2.45) is 0 Å². The number of fused-ring (bicyclic) bond motifs is 1. The lowest BCUT2D eigenvalue weighted by Crippen LogP contribution is -2.11. The molecule has 0 saturated carbocycles. The van der Waals surface area contributed by atoms with Gasteiger partial charge in [-0.1, -0.05) is 0 Å². The van der Waals surface area contributed by atoms with Crippen molar-refractivity contribution in [3.8, 4) is 0 Å². The van der Waals surface area contributed by atoms with Crippen LogP contribution in [-0.2, 0) is 19.5 Å². The Hall–Kier alpha value is -1.98. The van der Waals surface area contributed by atoms with Crippen molar-refractivity contribution >= 4 is 11.5 Å². The Morgan fingerprint density at radius 2 is 2.32 bits per heavy atom. The molecular weight excluding hydrogens is 240 g/mol. The number of imidazole rings is 1. The normalized spacial score (nSPS) is 14.3. The van der Waals surface area contributed by atoms with Gasteiger partial charge < -0.3 is 15.6 Å². The number of hydrogen-bond donors (Lipinski definition) is 2. The van der Waals surface area contributed by atoms with Crippen molar-refractivity contribution in [1.82, 2.24) is 19.3 Å². The lowest BCUT2D eigenvalue weighted by molar-refractivity contribution is 0.487. The minimum absolute atomic E-state index is 0.835. The van der Waals surface area contributed by atoms with Gasteiger partial charge in [0.15, 0.2) is 5.82 Å². The summed E-state index contributed by atoms with van der Waals surface area (Å²) in [5.74, 6) is 0.850. The first kappa shape index (κ1) is 12.1. The number of nitrogens with two attached hydrogens (primary N) is 1. The number of nitrogens with one attached hydrogen (secondary N) is 1. The van der Waals surface area contributed by atoms with E-state index in [1.54, 1.807) is 6.20 Å². The third-order valence-electron chi connectivity index (χ3n) is 3.58. The minimum Gasteiger partial charge on any atom is -0.394 e. The fourth-order valence-electron chi connectivity index (χ4n) is 2.53. The Morgan fingerprint density at radius 3 is 3.11 bits per heavy atom.